The third-order valence-electron chi connectivity index (χ3n) is 6.10. The molecule has 1 saturated carbocycles. The molecule has 1 amide bonds. The van der Waals surface area contributed by atoms with Gasteiger partial charge in [-0.15, -0.1) is 0 Å². The van der Waals surface area contributed by atoms with Crippen molar-refractivity contribution in [2.45, 2.75) is 63.0 Å². The first-order valence-electron chi connectivity index (χ1n) is 11.3. The van der Waals surface area contributed by atoms with Crippen molar-refractivity contribution in [1.29, 1.82) is 0 Å². The molecule has 0 aromatic heterocycles. The van der Waals surface area contributed by atoms with E-state index in [0.29, 0.717) is 31.7 Å². The van der Waals surface area contributed by atoms with Crippen LogP contribution < -0.4 is 4.74 Å². The molecule has 180 valence electrons. The number of benzene rings is 1. The van der Waals surface area contributed by atoms with Crippen LogP contribution in [0, 0.1) is 11.7 Å². The average molecular weight is 471 g/mol. The van der Waals surface area contributed by atoms with Crippen molar-refractivity contribution in [3.05, 3.63) is 24.0 Å². The highest BCUT2D eigenvalue weighted by Crippen LogP contribution is 2.30. The molecule has 1 aromatic carbocycles. The molecule has 1 aliphatic heterocycles. The van der Waals surface area contributed by atoms with Crippen molar-refractivity contribution in [2.75, 3.05) is 39.0 Å². The van der Waals surface area contributed by atoms with Gasteiger partial charge in [0.25, 0.3) is 0 Å². The Kier molecular flexibility index (Phi) is 7.70. The summed E-state index contributed by atoms with van der Waals surface area (Å²) in [6.07, 6.45) is 4.92. The van der Waals surface area contributed by atoms with Gasteiger partial charge in [-0.2, -0.15) is 0 Å². The van der Waals surface area contributed by atoms with E-state index in [1.807, 2.05) is 20.8 Å². The molecule has 0 atom stereocenters. The second kappa shape index (κ2) is 9.95. The maximum absolute atomic E-state index is 14.2. The molecule has 2 aliphatic rings. The van der Waals surface area contributed by atoms with Crippen LogP contribution in [0.2, 0.25) is 0 Å². The van der Waals surface area contributed by atoms with Crippen molar-refractivity contribution in [1.82, 2.24) is 9.80 Å². The van der Waals surface area contributed by atoms with E-state index in [4.69, 9.17) is 9.47 Å². The summed E-state index contributed by atoms with van der Waals surface area (Å²) in [7, 11) is -3.44. The normalized spacial score (nSPS) is 23.1. The van der Waals surface area contributed by atoms with E-state index in [9.17, 15) is 17.6 Å². The van der Waals surface area contributed by atoms with Crippen molar-refractivity contribution in [3.8, 4) is 5.75 Å². The molecule has 7 nitrogen and oxygen atoms in total. The molecule has 0 N–H and O–H groups in total. The van der Waals surface area contributed by atoms with Crippen LogP contribution in [0.1, 0.15) is 46.5 Å². The number of hydrogen-bond acceptors (Lipinski definition) is 6. The summed E-state index contributed by atoms with van der Waals surface area (Å²) in [6, 6.07) is 4.28. The van der Waals surface area contributed by atoms with Crippen LogP contribution in [0.3, 0.4) is 0 Å². The number of rotatable bonds is 5. The van der Waals surface area contributed by atoms with Crippen molar-refractivity contribution in [2.24, 2.45) is 5.92 Å². The first-order chi connectivity index (χ1) is 14.9. The Morgan fingerprint density at radius 2 is 1.72 bits per heavy atom. The van der Waals surface area contributed by atoms with Crippen molar-refractivity contribution >= 4 is 15.9 Å². The quantitative estimate of drug-likeness (QED) is 0.653. The lowest BCUT2D eigenvalue weighted by Crippen LogP contribution is -2.53. The second-order valence-electron chi connectivity index (χ2n) is 9.85. The number of nitrogens with zero attached hydrogens (tertiary/aromatic N) is 2. The van der Waals surface area contributed by atoms with Crippen molar-refractivity contribution < 1.29 is 27.1 Å². The third-order valence-corrected chi connectivity index (χ3v) is 7.21. The second-order valence-corrected chi connectivity index (χ2v) is 11.9. The summed E-state index contributed by atoms with van der Waals surface area (Å²) in [6.45, 7) is 9.12. The van der Waals surface area contributed by atoms with Crippen LogP contribution in [-0.2, 0) is 14.6 Å². The summed E-state index contributed by atoms with van der Waals surface area (Å²) in [4.78, 5) is 16.4. The van der Waals surface area contributed by atoms with Gasteiger partial charge in [-0.3, -0.25) is 4.90 Å². The molecule has 32 heavy (non-hydrogen) atoms. The predicted molar refractivity (Wildman–Crippen MR) is 120 cm³/mol. The lowest BCUT2D eigenvalue weighted by atomic mass is 9.85. The van der Waals surface area contributed by atoms with Crippen LogP contribution in [0.25, 0.3) is 0 Å². The minimum absolute atomic E-state index is 0.0466. The van der Waals surface area contributed by atoms with Gasteiger partial charge in [0.2, 0.25) is 0 Å². The number of hydrogen-bond donors (Lipinski definition) is 0. The Hall–Kier alpha value is -1.87. The molecule has 0 unspecified atom stereocenters. The molecular formula is C23H35FN2O5S. The van der Waals surface area contributed by atoms with E-state index in [1.165, 1.54) is 12.1 Å². The van der Waals surface area contributed by atoms with Gasteiger partial charge >= 0.3 is 6.09 Å². The molecule has 3 rings (SSSR count). The van der Waals surface area contributed by atoms with Crippen LogP contribution in [0.4, 0.5) is 9.18 Å². The molecule has 1 aromatic rings. The molecule has 9 heteroatoms. The molecule has 0 bridgehead atoms. The number of ether oxygens (including phenoxy) is 2. The number of amides is 1. The molecular weight excluding hydrogens is 435 g/mol. The summed E-state index contributed by atoms with van der Waals surface area (Å²) < 4.78 is 48.4. The minimum Gasteiger partial charge on any atom is -0.490 e. The topological polar surface area (TPSA) is 76.2 Å². The van der Waals surface area contributed by atoms with Gasteiger partial charge in [-0.25, -0.2) is 17.6 Å². The summed E-state index contributed by atoms with van der Waals surface area (Å²) in [5.74, 6) is -0.203. The molecule has 0 spiro atoms. The number of halogens is 1. The summed E-state index contributed by atoms with van der Waals surface area (Å²) in [5.41, 5.74) is -0.479. The van der Waals surface area contributed by atoms with Gasteiger partial charge in [0.15, 0.2) is 21.4 Å². The van der Waals surface area contributed by atoms with Gasteiger partial charge in [-0.1, -0.05) is 0 Å². The van der Waals surface area contributed by atoms with E-state index in [0.717, 1.165) is 51.1 Å². The van der Waals surface area contributed by atoms with Gasteiger partial charge in [-0.05, 0) is 70.6 Å². The number of carbonyl (C=O) groups is 1. The van der Waals surface area contributed by atoms with Gasteiger partial charge in [0.05, 0.1) is 11.5 Å². The minimum atomic E-state index is -3.44. The van der Waals surface area contributed by atoms with Gasteiger partial charge in [0, 0.05) is 38.5 Å². The maximum Gasteiger partial charge on any atom is 0.410 e. The van der Waals surface area contributed by atoms with E-state index in [1.54, 1.807) is 4.90 Å². The molecule has 2 fully saturated rings. The fraction of sp³-hybridized carbons (Fsp3) is 0.696. The Bertz CT molecular complexity index is 899. The SMILES string of the molecule is CC(C)(C)OC(=O)N1CCN([C@H]2CC[C@H](COc3ccc(S(C)(=O)=O)cc3F)CC2)CC1. The standard InChI is InChI=1S/C23H35FN2O5S/c1-23(2,3)31-22(27)26-13-11-25(12-14-26)18-7-5-17(6-8-18)16-30-21-10-9-19(15-20(21)24)32(4,28)29/h9-10,15,17-18H,5-8,11-14,16H2,1-4H3/t17-,18-. The van der Waals surface area contributed by atoms with Gasteiger partial charge in [0.1, 0.15) is 5.60 Å². The Balaban J connectivity index is 1.41. The lowest BCUT2D eigenvalue weighted by Gasteiger charge is -2.42. The monoisotopic (exact) mass is 470 g/mol. The fourth-order valence-electron chi connectivity index (χ4n) is 4.31. The van der Waals surface area contributed by atoms with E-state index >= 15 is 0 Å². The zero-order chi connectivity index (χ0) is 23.5. The molecule has 0 radical (unpaired) electrons. The fourth-order valence-corrected chi connectivity index (χ4v) is 4.94. The third kappa shape index (κ3) is 6.81. The van der Waals surface area contributed by atoms with E-state index < -0.39 is 21.3 Å². The molecule has 1 aliphatic carbocycles. The lowest BCUT2D eigenvalue weighted by molar-refractivity contribution is 0.00652. The molecule has 1 heterocycles. The summed E-state index contributed by atoms with van der Waals surface area (Å²) in [5, 5.41) is 0. The highest BCUT2D eigenvalue weighted by atomic mass is 32.2. The highest BCUT2D eigenvalue weighted by Gasteiger charge is 2.31. The van der Waals surface area contributed by atoms with Crippen LogP contribution >= 0.6 is 0 Å². The summed E-state index contributed by atoms with van der Waals surface area (Å²) >= 11 is 0. The zero-order valence-corrected chi connectivity index (χ0v) is 20.3. The van der Waals surface area contributed by atoms with Crippen LogP contribution in [0.5, 0.6) is 5.75 Å². The first-order valence-corrected chi connectivity index (χ1v) is 13.2. The molecule has 1 saturated heterocycles. The maximum atomic E-state index is 14.2. The Morgan fingerprint density at radius 3 is 2.25 bits per heavy atom. The van der Waals surface area contributed by atoms with Crippen LogP contribution in [-0.4, -0.2) is 75.0 Å². The van der Waals surface area contributed by atoms with Gasteiger partial charge < -0.3 is 14.4 Å². The largest absolute Gasteiger partial charge is 0.490 e. The van der Waals surface area contributed by atoms with E-state index in [-0.39, 0.29) is 16.7 Å². The zero-order valence-electron chi connectivity index (χ0n) is 19.5. The highest BCUT2D eigenvalue weighted by molar-refractivity contribution is 7.90. The van der Waals surface area contributed by atoms with Crippen molar-refractivity contribution in [3.63, 3.8) is 0 Å². The first kappa shape index (κ1) is 24.8. The number of sulfone groups is 1. The Morgan fingerprint density at radius 1 is 1.09 bits per heavy atom. The average Bonchev–Trinajstić information content (AvgIpc) is 2.71. The van der Waals surface area contributed by atoms with Crippen LogP contribution in [0.15, 0.2) is 23.1 Å². The number of piperazine rings is 1. The Labute approximate surface area is 190 Å². The van der Waals surface area contributed by atoms with E-state index in [2.05, 4.69) is 4.90 Å². The predicted octanol–water partition coefficient (Wildman–Crippen LogP) is 3.72. The smallest absolute Gasteiger partial charge is 0.410 e. The number of carbonyl (C=O) groups excluding carboxylic acids is 1.